The monoisotopic (exact) mass is 408 g/mol. The predicted octanol–water partition coefficient (Wildman–Crippen LogP) is 2.79. The van der Waals surface area contributed by atoms with Crippen LogP contribution < -0.4 is 9.46 Å². The average Bonchev–Trinajstić information content (AvgIpc) is 3.19. The van der Waals surface area contributed by atoms with Crippen LogP contribution in [0.2, 0.25) is 0 Å². The van der Waals surface area contributed by atoms with Crippen molar-refractivity contribution in [3.05, 3.63) is 47.3 Å². The van der Waals surface area contributed by atoms with Crippen LogP contribution in [0, 0.1) is 6.92 Å². The number of nitrogens with one attached hydrogen (secondary N) is 1. The molecule has 1 saturated heterocycles. The van der Waals surface area contributed by atoms with Gasteiger partial charge < -0.3 is 9.64 Å². The van der Waals surface area contributed by atoms with Crippen molar-refractivity contribution in [2.24, 2.45) is 0 Å². The number of aryl methyl sites for hydroxylation is 1. The lowest BCUT2D eigenvalue weighted by atomic mass is 10.1. The second-order valence-electron chi connectivity index (χ2n) is 6.73. The van der Waals surface area contributed by atoms with E-state index in [1.54, 1.807) is 29.3 Å². The van der Waals surface area contributed by atoms with E-state index in [-0.39, 0.29) is 11.9 Å². The summed E-state index contributed by atoms with van der Waals surface area (Å²) < 4.78 is 33.4. The fourth-order valence-corrected chi connectivity index (χ4v) is 5.35. The summed E-state index contributed by atoms with van der Waals surface area (Å²) in [5, 5.41) is 1.74. The Morgan fingerprint density at radius 1 is 1.22 bits per heavy atom. The van der Waals surface area contributed by atoms with Gasteiger partial charge in [-0.3, -0.25) is 4.79 Å². The van der Waals surface area contributed by atoms with Crippen LogP contribution in [0.5, 0.6) is 5.75 Å². The number of hydrogen-bond acceptors (Lipinski definition) is 5. The molecule has 0 bridgehead atoms. The van der Waals surface area contributed by atoms with E-state index in [0.29, 0.717) is 35.9 Å². The Bertz CT molecular complexity index is 856. The maximum absolute atomic E-state index is 12.6. The highest BCUT2D eigenvalue weighted by atomic mass is 32.2. The van der Waals surface area contributed by atoms with Gasteiger partial charge in [0.2, 0.25) is 10.0 Å². The van der Waals surface area contributed by atoms with E-state index < -0.39 is 16.1 Å². The zero-order chi connectivity index (χ0) is 19.4. The summed E-state index contributed by atoms with van der Waals surface area (Å²) in [6.45, 7) is 4.76. The maximum atomic E-state index is 12.6. The summed E-state index contributed by atoms with van der Waals surface area (Å²) in [7, 11) is -3.47. The number of nitrogens with zero attached hydrogens (tertiary/aromatic N) is 1. The normalized spacial score (nSPS) is 16.9. The molecule has 1 amide bonds. The molecule has 1 aliphatic rings. The topological polar surface area (TPSA) is 75.7 Å². The number of benzene rings is 1. The minimum atomic E-state index is -3.47. The number of amides is 1. The van der Waals surface area contributed by atoms with Crippen LogP contribution in [0.4, 0.5) is 0 Å². The molecule has 3 rings (SSSR count). The van der Waals surface area contributed by atoms with Crippen LogP contribution in [0.25, 0.3) is 0 Å². The van der Waals surface area contributed by atoms with Gasteiger partial charge >= 0.3 is 0 Å². The zero-order valence-electron chi connectivity index (χ0n) is 15.4. The van der Waals surface area contributed by atoms with Crippen molar-refractivity contribution >= 4 is 27.3 Å². The van der Waals surface area contributed by atoms with Gasteiger partial charge in [-0.1, -0.05) is 23.8 Å². The lowest BCUT2D eigenvalue weighted by Gasteiger charge is -2.33. The molecule has 6 nitrogen and oxygen atoms in total. The molecule has 1 aromatic carbocycles. The van der Waals surface area contributed by atoms with E-state index in [1.807, 2.05) is 31.2 Å². The SMILES string of the molecule is Cc1ccc(O[C@H](C)C(=O)N2CCC(NS(=O)(=O)c3cccs3)CC2)cc1. The molecule has 1 atom stereocenters. The van der Waals surface area contributed by atoms with E-state index in [1.165, 1.54) is 11.3 Å². The molecule has 1 N–H and O–H groups in total. The third kappa shape index (κ3) is 5.09. The molecule has 0 radical (unpaired) electrons. The summed E-state index contributed by atoms with van der Waals surface area (Å²) in [5.41, 5.74) is 1.13. The maximum Gasteiger partial charge on any atom is 0.263 e. The Labute approximate surface area is 164 Å². The van der Waals surface area contributed by atoms with Crippen molar-refractivity contribution in [2.45, 2.75) is 43.0 Å². The molecule has 146 valence electrons. The van der Waals surface area contributed by atoms with Crippen LogP contribution in [0.1, 0.15) is 25.3 Å². The van der Waals surface area contributed by atoms with Gasteiger partial charge in [0, 0.05) is 19.1 Å². The van der Waals surface area contributed by atoms with Crippen molar-refractivity contribution in [3.63, 3.8) is 0 Å². The molecule has 0 saturated carbocycles. The smallest absolute Gasteiger partial charge is 0.263 e. The van der Waals surface area contributed by atoms with E-state index in [0.717, 1.165) is 5.56 Å². The lowest BCUT2D eigenvalue weighted by Crippen LogP contribution is -2.49. The number of piperidine rings is 1. The fourth-order valence-electron chi connectivity index (χ4n) is 3.04. The molecule has 2 aromatic rings. The van der Waals surface area contributed by atoms with Crippen molar-refractivity contribution < 1.29 is 17.9 Å². The lowest BCUT2D eigenvalue weighted by molar-refractivity contribution is -0.139. The largest absolute Gasteiger partial charge is 0.481 e. The Balaban J connectivity index is 1.51. The molecule has 27 heavy (non-hydrogen) atoms. The number of rotatable bonds is 6. The molecule has 1 aliphatic heterocycles. The molecular formula is C19H24N2O4S2. The van der Waals surface area contributed by atoms with Gasteiger partial charge in [-0.25, -0.2) is 13.1 Å². The van der Waals surface area contributed by atoms with Gasteiger partial charge in [0.15, 0.2) is 6.10 Å². The molecule has 8 heteroatoms. The highest BCUT2D eigenvalue weighted by Gasteiger charge is 2.29. The number of carbonyl (C=O) groups excluding carboxylic acids is 1. The van der Waals surface area contributed by atoms with E-state index in [4.69, 9.17) is 4.74 Å². The number of thiophene rings is 1. The third-order valence-corrected chi connectivity index (χ3v) is 7.49. The minimum absolute atomic E-state index is 0.0739. The van der Waals surface area contributed by atoms with Gasteiger partial charge in [-0.15, -0.1) is 11.3 Å². The van der Waals surface area contributed by atoms with Crippen molar-refractivity contribution in [1.29, 1.82) is 0 Å². The van der Waals surface area contributed by atoms with Crippen LogP contribution in [-0.4, -0.2) is 44.5 Å². The third-order valence-electron chi connectivity index (χ3n) is 4.57. The van der Waals surface area contributed by atoms with Crippen molar-refractivity contribution in [2.75, 3.05) is 13.1 Å². The van der Waals surface area contributed by atoms with Gasteiger partial charge in [0.25, 0.3) is 5.91 Å². The van der Waals surface area contributed by atoms with E-state index >= 15 is 0 Å². The first-order valence-corrected chi connectivity index (χ1v) is 11.3. The van der Waals surface area contributed by atoms with Gasteiger partial charge in [0.05, 0.1) is 0 Å². The number of carbonyl (C=O) groups is 1. The molecule has 1 fully saturated rings. The van der Waals surface area contributed by atoms with Crippen LogP contribution in [-0.2, 0) is 14.8 Å². The van der Waals surface area contributed by atoms with E-state index in [2.05, 4.69) is 4.72 Å². The second kappa shape index (κ2) is 8.41. The van der Waals surface area contributed by atoms with Crippen LogP contribution >= 0.6 is 11.3 Å². The first-order valence-electron chi connectivity index (χ1n) is 8.93. The summed E-state index contributed by atoms with van der Waals surface area (Å²) >= 11 is 1.20. The molecular weight excluding hydrogens is 384 g/mol. The molecule has 0 spiro atoms. The molecule has 0 aliphatic carbocycles. The molecule has 1 aromatic heterocycles. The summed E-state index contributed by atoms with van der Waals surface area (Å²) in [5.74, 6) is 0.593. The zero-order valence-corrected chi connectivity index (χ0v) is 17.1. The molecule has 0 unspecified atom stereocenters. The Kier molecular flexibility index (Phi) is 6.18. The minimum Gasteiger partial charge on any atom is -0.481 e. The van der Waals surface area contributed by atoms with E-state index in [9.17, 15) is 13.2 Å². The second-order valence-corrected chi connectivity index (χ2v) is 9.61. The highest BCUT2D eigenvalue weighted by molar-refractivity contribution is 7.91. The Morgan fingerprint density at radius 3 is 2.48 bits per heavy atom. The number of likely N-dealkylation sites (tertiary alicyclic amines) is 1. The Hall–Kier alpha value is -1.90. The van der Waals surface area contributed by atoms with Crippen LogP contribution in [0.15, 0.2) is 46.0 Å². The number of ether oxygens (including phenoxy) is 1. The Morgan fingerprint density at radius 2 is 1.89 bits per heavy atom. The summed E-state index contributed by atoms with van der Waals surface area (Å²) in [6.07, 6.45) is 0.605. The van der Waals surface area contributed by atoms with Gasteiger partial charge in [0.1, 0.15) is 9.96 Å². The number of hydrogen-bond donors (Lipinski definition) is 1. The average molecular weight is 409 g/mol. The van der Waals surface area contributed by atoms with Gasteiger partial charge in [-0.05, 0) is 50.3 Å². The van der Waals surface area contributed by atoms with Crippen LogP contribution in [0.3, 0.4) is 0 Å². The first kappa shape index (κ1) is 19.9. The molecule has 2 heterocycles. The quantitative estimate of drug-likeness (QED) is 0.797. The van der Waals surface area contributed by atoms with Crippen molar-refractivity contribution in [1.82, 2.24) is 9.62 Å². The first-order chi connectivity index (χ1) is 12.8. The predicted molar refractivity (Wildman–Crippen MR) is 106 cm³/mol. The summed E-state index contributed by atoms with van der Waals surface area (Å²) in [4.78, 5) is 14.4. The summed E-state index contributed by atoms with van der Waals surface area (Å²) in [6, 6.07) is 10.7. The highest BCUT2D eigenvalue weighted by Crippen LogP contribution is 2.20. The number of sulfonamides is 1. The standard InChI is InChI=1S/C19H24N2O4S2/c1-14-5-7-17(8-6-14)25-15(2)19(22)21-11-9-16(10-12-21)20-27(23,24)18-4-3-13-26-18/h3-8,13,15-16,20H,9-12H2,1-2H3/t15-/m1/s1. The van der Waals surface area contributed by atoms with Gasteiger partial charge in [-0.2, -0.15) is 0 Å². The van der Waals surface area contributed by atoms with Crippen molar-refractivity contribution in [3.8, 4) is 5.75 Å². The fraction of sp³-hybridized carbons (Fsp3) is 0.421.